The standard InChI is InChI=1S/C18H18BrFN2/c19-15-9-5-8-13-12(6-3-4-11-21)17(22-18(13)15)14-7-1-2-10-16(14)20/h1-2,5,7-10,22H,3-4,6,11,21H2. The average Bonchev–Trinajstić information content (AvgIpc) is 2.88. The van der Waals surface area contributed by atoms with Gasteiger partial charge in [-0.15, -0.1) is 0 Å². The van der Waals surface area contributed by atoms with Crippen LogP contribution in [-0.2, 0) is 6.42 Å². The molecule has 0 spiro atoms. The fourth-order valence-electron chi connectivity index (χ4n) is 2.84. The number of H-pyrrole nitrogens is 1. The van der Waals surface area contributed by atoms with Crippen LogP contribution in [0.15, 0.2) is 46.9 Å². The number of fused-ring (bicyclic) bond motifs is 1. The second kappa shape index (κ2) is 6.63. The Labute approximate surface area is 137 Å². The largest absolute Gasteiger partial charge is 0.353 e. The van der Waals surface area contributed by atoms with Crippen LogP contribution in [0.25, 0.3) is 22.2 Å². The minimum absolute atomic E-state index is 0.203. The Hall–Kier alpha value is -1.65. The van der Waals surface area contributed by atoms with Gasteiger partial charge < -0.3 is 10.7 Å². The molecule has 3 aromatic rings. The van der Waals surface area contributed by atoms with Crippen LogP contribution in [0.4, 0.5) is 4.39 Å². The molecule has 0 atom stereocenters. The monoisotopic (exact) mass is 360 g/mol. The number of rotatable bonds is 5. The number of nitrogens with two attached hydrogens (primary N) is 1. The molecular formula is C18H18BrFN2. The maximum atomic E-state index is 14.2. The van der Waals surface area contributed by atoms with E-state index in [4.69, 9.17) is 5.73 Å². The van der Waals surface area contributed by atoms with Crippen molar-refractivity contribution in [2.24, 2.45) is 5.73 Å². The first-order valence-corrected chi connectivity index (χ1v) is 8.25. The highest BCUT2D eigenvalue weighted by molar-refractivity contribution is 9.10. The van der Waals surface area contributed by atoms with Crippen LogP contribution in [0.2, 0.25) is 0 Å². The normalized spacial score (nSPS) is 11.2. The topological polar surface area (TPSA) is 41.8 Å². The van der Waals surface area contributed by atoms with Crippen LogP contribution < -0.4 is 5.73 Å². The molecule has 0 aliphatic carbocycles. The lowest BCUT2D eigenvalue weighted by molar-refractivity contribution is 0.630. The van der Waals surface area contributed by atoms with Gasteiger partial charge in [0.2, 0.25) is 0 Å². The second-order valence-corrected chi connectivity index (χ2v) is 6.22. The minimum atomic E-state index is -0.203. The molecule has 0 saturated heterocycles. The molecule has 0 saturated carbocycles. The van der Waals surface area contributed by atoms with Gasteiger partial charge in [0.1, 0.15) is 5.82 Å². The van der Waals surface area contributed by atoms with Crippen molar-refractivity contribution in [2.75, 3.05) is 6.54 Å². The van der Waals surface area contributed by atoms with Gasteiger partial charge in [0.15, 0.2) is 0 Å². The Kier molecular flexibility index (Phi) is 4.60. The Morgan fingerprint density at radius 2 is 1.86 bits per heavy atom. The number of unbranched alkanes of at least 4 members (excludes halogenated alkanes) is 1. The summed E-state index contributed by atoms with van der Waals surface area (Å²) in [5.74, 6) is -0.203. The molecule has 1 heterocycles. The van der Waals surface area contributed by atoms with Gasteiger partial charge in [-0.3, -0.25) is 0 Å². The smallest absolute Gasteiger partial charge is 0.132 e. The highest BCUT2D eigenvalue weighted by Gasteiger charge is 2.16. The van der Waals surface area contributed by atoms with Gasteiger partial charge in [-0.25, -0.2) is 4.39 Å². The molecule has 3 N–H and O–H groups in total. The summed E-state index contributed by atoms with van der Waals surface area (Å²) in [4.78, 5) is 3.40. The molecule has 0 fully saturated rings. The van der Waals surface area contributed by atoms with Crippen molar-refractivity contribution < 1.29 is 4.39 Å². The molecular weight excluding hydrogens is 343 g/mol. The summed E-state index contributed by atoms with van der Waals surface area (Å²) in [5.41, 5.74) is 9.27. The molecule has 22 heavy (non-hydrogen) atoms. The number of halogens is 2. The third-order valence-electron chi connectivity index (χ3n) is 3.91. The second-order valence-electron chi connectivity index (χ2n) is 5.37. The van der Waals surface area contributed by atoms with E-state index in [1.807, 2.05) is 24.3 Å². The van der Waals surface area contributed by atoms with E-state index in [0.717, 1.165) is 45.9 Å². The summed E-state index contributed by atoms with van der Waals surface area (Å²) in [5, 5.41) is 1.14. The molecule has 114 valence electrons. The van der Waals surface area contributed by atoms with Gasteiger partial charge in [0.25, 0.3) is 0 Å². The Bertz CT molecular complexity index is 795. The predicted octanol–water partition coefficient (Wildman–Crippen LogP) is 5.02. The summed E-state index contributed by atoms with van der Waals surface area (Å²) in [6.07, 6.45) is 2.85. The number of aryl methyl sites for hydroxylation is 1. The van der Waals surface area contributed by atoms with Crippen molar-refractivity contribution in [1.82, 2.24) is 4.98 Å². The van der Waals surface area contributed by atoms with E-state index >= 15 is 0 Å². The van der Waals surface area contributed by atoms with Gasteiger partial charge in [-0.1, -0.05) is 24.3 Å². The zero-order valence-corrected chi connectivity index (χ0v) is 13.8. The number of hydrogen-bond donors (Lipinski definition) is 2. The number of benzene rings is 2. The fourth-order valence-corrected chi connectivity index (χ4v) is 3.30. The first kappa shape index (κ1) is 15.3. The Morgan fingerprint density at radius 3 is 2.64 bits per heavy atom. The van der Waals surface area contributed by atoms with Crippen molar-refractivity contribution in [3.63, 3.8) is 0 Å². The zero-order valence-electron chi connectivity index (χ0n) is 12.2. The first-order chi connectivity index (χ1) is 10.7. The molecule has 0 radical (unpaired) electrons. The highest BCUT2D eigenvalue weighted by Crippen LogP contribution is 2.35. The molecule has 3 rings (SSSR count). The van der Waals surface area contributed by atoms with Gasteiger partial charge >= 0.3 is 0 Å². The van der Waals surface area contributed by atoms with Gasteiger partial charge in [-0.2, -0.15) is 0 Å². The lowest BCUT2D eigenvalue weighted by Crippen LogP contribution is -1.99. The Balaban J connectivity index is 2.17. The van der Waals surface area contributed by atoms with Crippen molar-refractivity contribution in [3.05, 3.63) is 58.3 Å². The summed E-state index contributed by atoms with van der Waals surface area (Å²) in [6.45, 7) is 0.682. The average molecular weight is 361 g/mol. The van der Waals surface area contributed by atoms with Crippen LogP contribution in [0.1, 0.15) is 18.4 Å². The molecule has 4 heteroatoms. The van der Waals surface area contributed by atoms with Crippen LogP contribution in [0, 0.1) is 5.82 Å². The maximum absolute atomic E-state index is 14.2. The number of para-hydroxylation sites is 1. The molecule has 2 aromatic carbocycles. The van der Waals surface area contributed by atoms with Crippen molar-refractivity contribution >= 4 is 26.8 Å². The zero-order chi connectivity index (χ0) is 15.5. The molecule has 2 nitrogen and oxygen atoms in total. The van der Waals surface area contributed by atoms with Crippen LogP contribution in [0.5, 0.6) is 0 Å². The molecule has 0 amide bonds. The first-order valence-electron chi connectivity index (χ1n) is 7.46. The number of hydrogen-bond acceptors (Lipinski definition) is 1. The fraction of sp³-hybridized carbons (Fsp3) is 0.222. The van der Waals surface area contributed by atoms with Crippen molar-refractivity contribution in [2.45, 2.75) is 19.3 Å². The lowest BCUT2D eigenvalue weighted by atomic mass is 10.00. The van der Waals surface area contributed by atoms with Gasteiger partial charge in [0.05, 0.1) is 11.2 Å². The summed E-state index contributed by atoms with van der Waals surface area (Å²) in [7, 11) is 0. The van der Waals surface area contributed by atoms with Crippen LogP contribution >= 0.6 is 15.9 Å². The third kappa shape index (κ3) is 2.81. The highest BCUT2D eigenvalue weighted by atomic mass is 79.9. The molecule has 0 unspecified atom stereocenters. The Morgan fingerprint density at radius 1 is 1.05 bits per heavy atom. The van der Waals surface area contributed by atoms with E-state index in [1.165, 1.54) is 6.07 Å². The van der Waals surface area contributed by atoms with E-state index in [-0.39, 0.29) is 5.82 Å². The van der Waals surface area contributed by atoms with Gasteiger partial charge in [0, 0.05) is 15.4 Å². The van der Waals surface area contributed by atoms with E-state index < -0.39 is 0 Å². The van der Waals surface area contributed by atoms with Crippen LogP contribution in [0.3, 0.4) is 0 Å². The van der Waals surface area contributed by atoms with Crippen LogP contribution in [-0.4, -0.2) is 11.5 Å². The maximum Gasteiger partial charge on any atom is 0.132 e. The molecule has 1 aromatic heterocycles. The molecule has 0 bridgehead atoms. The van der Waals surface area contributed by atoms with E-state index in [9.17, 15) is 4.39 Å². The predicted molar refractivity (Wildman–Crippen MR) is 93.4 cm³/mol. The summed E-state index contributed by atoms with van der Waals surface area (Å²) in [6, 6.07) is 13.0. The quantitative estimate of drug-likeness (QED) is 0.616. The number of aromatic amines is 1. The molecule has 0 aliphatic rings. The number of nitrogens with one attached hydrogen (secondary N) is 1. The molecule has 0 aliphatic heterocycles. The van der Waals surface area contributed by atoms with E-state index in [1.54, 1.807) is 6.07 Å². The van der Waals surface area contributed by atoms with Crippen molar-refractivity contribution in [1.29, 1.82) is 0 Å². The summed E-state index contributed by atoms with van der Waals surface area (Å²) < 4.78 is 15.2. The SMILES string of the molecule is NCCCCc1c(-c2ccccc2F)[nH]c2c(Br)cccc12. The number of aromatic nitrogens is 1. The minimum Gasteiger partial charge on any atom is -0.353 e. The third-order valence-corrected chi connectivity index (χ3v) is 4.58. The van der Waals surface area contributed by atoms with E-state index in [0.29, 0.717) is 12.1 Å². The van der Waals surface area contributed by atoms with Gasteiger partial charge in [-0.05, 0) is 65.5 Å². The van der Waals surface area contributed by atoms with E-state index in [2.05, 4.69) is 27.0 Å². The summed E-state index contributed by atoms with van der Waals surface area (Å²) >= 11 is 3.57. The van der Waals surface area contributed by atoms with Crippen molar-refractivity contribution in [3.8, 4) is 11.3 Å². The lowest BCUT2D eigenvalue weighted by Gasteiger charge is -2.06.